The van der Waals surface area contributed by atoms with Crippen LogP contribution in [0.5, 0.6) is 0 Å². The predicted octanol–water partition coefficient (Wildman–Crippen LogP) is 2.19. The van der Waals surface area contributed by atoms with E-state index in [4.69, 9.17) is 4.42 Å². The Kier molecular flexibility index (Phi) is 2.81. The molecule has 2 aromatic heterocycles. The third kappa shape index (κ3) is 2.17. The van der Waals surface area contributed by atoms with Crippen molar-refractivity contribution in [3.63, 3.8) is 0 Å². The maximum atomic E-state index is 10.7. The number of aromatic nitrogens is 1. The Bertz CT molecular complexity index is 482. The van der Waals surface area contributed by atoms with Gasteiger partial charge >= 0.3 is 5.69 Å². The lowest BCUT2D eigenvalue weighted by Crippen LogP contribution is -2.03. The van der Waals surface area contributed by atoms with Gasteiger partial charge in [0.25, 0.3) is 0 Å². The first-order valence-corrected chi connectivity index (χ1v) is 4.62. The van der Waals surface area contributed by atoms with Gasteiger partial charge < -0.3 is 9.73 Å². The minimum Gasteiger partial charge on any atom is -0.472 e. The van der Waals surface area contributed by atoms with Crippen LogP contribution >= 0.6 is 0 Å². The molecule has 0 amide bonds. The molecule has 6 heteroatoms. The number of furan rings is 1. The van der Waals surface area contributed by atoms with E-state index in [1.165, 1.54) is 18.3 Å². The van der Waals surface area contributed by atoms with E-state index in [1.54, 1.807) is 18.6 Å². The van der Waals surface area contributed by atoms with Gasteiger partial charge in [0.15, 0.2) is 0 Å². The van der Waals surface area contributed by atoms with Crippen LogP contribution in [0.25, 0.3) is 0 Å². The first-order valence-electron chi connectivity index (χ1n) is 4.62. The molecule has 0 fully saturated rings. The van der Waals surface area contributed by atoms with Crippen molar-refractivity contribution < 1.29 is 9.34 Å². The second-order valence-electron chi connectivity index (χ2n) is 3.11. The summed E-state index contributed by atoms with van der Waals surface area (Å²) in [5.41, 5.74) is 0.867. The first-order chi connectivity index (χ1) is 7.77. The first kappa shape index (κ1) is 10.2. The molecule has 2 rings (SSSR count). The lowest BCUT2D eigenvalue weighted by Gasteiger charge is -2.03. The Morgan fingerprint density at radius 1 is 1.50 bits per heavy atom. The fourth-order valence-electron chi connectivity index (χ4n) is 1.26. The van der Waals surface area contributed by atoms with E-state index < -0.39 is 4.92 Å². The number of hydrogen-bond donors (Lipinski definition) is 1. The number of nitrogens with one attached hydrogen (secondary N) is 1. The summed E-state index contributed by atoms with van der Waals surface area (Å²) in [6.45, 7) is 0.439. The summed E-state index contributed by atoms with van der Waals surface area (Å²) in [5, 5.41) is 13.6. The van der Waals surface area contributed by atoms with Crippen LogP contribution in [0, 0.1) is 10.1 Å². The Labute approximate surface area is 91.1 Å². The summed E-state index contributed by atoms with van der Waals surface area (Å²) >= 11 is 0. The van der Waals surface area contributed by atoms with E-state index in [9.17, 15) is 10.1 Å². The van der Waals surface area contributed by atoms with Crippen molar-refractivity contribution in [2.24, 2.45) is 0 Å². The standard InChI is InChI=1S/C10H9N3O3/c14-13(15)9-2-1-4-11-10(9)12-6-8-3-5-16-7-8/h1-5,7H,6H2,(H,11,12). The minimum absolute atomic E-state index is 0.0361. The van der Waals surface area contributed by atoms with E-state index in [0.717, 1.165) is 5.56 Å². The zero-order valence-electron chi connectivity index (χ0n) is 8.29. The molecule has 0 saturated carbocycles. The van der Waals surface area contributed by atoms with Crippen LogP contribution in [-0.4, -0.2) is 9.91 Å². The highest BCUT2D eigenvalue weighted by atomic mass is 16.6. The molecular weight excluding hydrogens is 210 g/mol. The van der Waals surface area contributed by atoms with Gasteiger partial charge in [0.05, 0.1) is 17.4 Å². The minimum atomic E-state index is -0.468. The van der Waals surface area contributed by atoms with Crippen LogP contribution in [0.1, 0.15) is 5.56 Å². The highest BCUT2D eigenvalue weighted by molar-refractivity contribution is 5.55. The van der Waals surface area contributed by atoms with Gasteiger partial charge in [-0.2, -0.15) is 0 Å². The van der Waals surface area contributed by atoms with Crippen LogP contribution in [0.3, 0.4) is 0 Å². The van der Waals surface area contributed by atoms with Gasteiger partial charge in [0, 0.05) is 24.4 Å². The van der Waals surface area contributed by atoms with Crippen LogP contribution < -0.4 is 5.32 Å². The highest BCUT2D eigenvalue weighted by Crippen LogP contribution is 2.20. The molecule has 0 aliphatic rings. The fraction of sp³-hybridized carbons (Fsp3) is 0.100. The van der Waals surface area contributed by atoms with Gasteiger partial charge in [0.1, 0.15) is 0 Å². The fourth-order valence-corrected chi connectivity index (χ4v) is 1.26. The Morgan fingerprint density at radius 3 is 3.06 bits per heavy atom. The molecule has 0 radical (unpaired) electrons. The van der Waals surface area contributed by atoms with E-state index in [0.29, 0.717) is 6.54 Å². The van der Waals surface area contributed by atoms with Crippen molar-refractivity contribution in [3.8, 4) is 0 Å². The van der Waals surface area contributed by atoms with Crippen LogP contribution in [0.2, 0.25) is 0 Å². The quantitative estimate of drug-likeness (QED) is 0.629. The number of rotatable bonds is 4. The molecule has 0 aliphatic heterocycles. The van der Waals surface area contributed by atoms with E-state index in [-0.39, 0.29) is 11.5 Å². The summed E-state index contributed by atoms with van der Waals surface area (Å²) in [5.74, 6) is 0.258. The summed E-state index contributed by atoms with van der Waals surface area (Å²) in [6, 6.07) is 4.72. The molecule has 0 aromatic carbocycles. The van der Waals surface area contributed by atoms with E-state index >= 15 is 0 Å². The van der Waals surface area contributed by atoms with Crippen LogP contribution in [0.15, 0.2) is 41.3 Å². The number of nitrogens with zero attached hydrogens (tertiary/aromatic N) is 2. The molecule has 6 nitrogen and oxygen atoms in total. The molecule has 0 aliphatic carbocycles. The molecule has 16 heavy (non-hydrogen) atoms. The van der Waals surface area contributed by atoms with Crippen molar-refractivity contribution >= 4 is 11.5 Å². The summed E-state index contributed by atoms with van der Waals surface area (Å²) in [6.07, 6.45) is 4.62. The van der Waals surface area contributed by atoms with Gasteiger partial charge in [-0.25, -0.2) is 4.98 Å². The Morgan fingerprint density at radius 2 is 2.38 bits per heavy atom. The molecule has 0 unspecified atom stereocenters. The maximum absolute atomic E-state index is 10.7. The Hall–Kier alpha value is -2.37. The normalized spacial score (nSPS) is 10.0. The molecule has 0 spiro atoms. The maximum Gasteiger partial charge on any atom is 0.311 e. The Balaban J connectivity index is 2.12. The smallest absolute Gasteiger partial charge is 0.311 e. The lowest BCUT2D eigenvalue weighted by atomic mass is 10.3. The molecule has 0 atom stereocenters. The van der Waals surface area contributed by atoms with Crippen molar-refractivity contribution in [2.45, 2.75) is 6.54 Å². The van der Waals surface area contributed by atoms with Crippen LogP contribution in [0.4, 0.5) is 11.5 Å². The second-order valence-corrected chi connectivity index (χ2v) is 3.11. The van der Waals surface area contributed by atoms with Gasteiger partial charge in [-0.15, -0.1) is 0 Å². The molecule has 82 valence electrons. The average molecular weight is 219 g/mol. The van der Waals surface area contributed by atoms with E-state index in [1.807, 2.05) is 0 Å². The largest absolute Gasteiger partial charge is 0.472 e. The topological polar surface area (TPSA) is 81.2 Å². The SMILES string of the molecule is O=[N+]([O-])c1cccnc1NCc1ccoc1. The summed E-state index contributed by atoms with van der Waals surface area (Å²) in [7, 11) is 0. The van der Waals surface area contributed by atoms with Crippen LogP contribution in [-0.2, 0) is 6.54 Å². The third-order valence-electron chi connectivity index (χ3n) is 2.02. The van der Waals surface area contributed by atoms with Crippen molar-refractivity contribution in [1.82, 2.24) is 4.98 Å². The molecule has 0 bridgehead atoms. The summed E-state index contributed by atoms with van der Waals surface area (Å²) in [4.78, 5) is 14.1. The number of hydrogen-bond acceptors (Lipinski definition) is 5. The zero-order chi connectivity index (χ0) is 11.4. The molecule has 1 N–H and O–H groups in total. The lowest BCUT2D eigenvalue weighted by molar-refractivity contribution is -0.384. The number of pyridine rings is 1. The highest BCUT2D eigenvalue weighted by Gasteiger charge is 2.13. The molecule has 2 aromatic rings. The van der Waals surface area contributed by atoms with Crippen molar-refractivity contribution in [1.29, 1.82) is 0 Å². The predicted molar refractivity (Wildman–Crippen MR) is 56.9 cm³/mol. The molecule has 2 heterocycles. The third-order valence-corrected chi connectivity index (χ3v) is 2.02. The summed E-state index contributed by atoms with van der Waals surface area (Å²) < 4.78 is 4.89. The second kappa shape index (κ2) is 4.43. The van der Waals surface area contributed by atoms with Crippen molar-refractivity contribution in [2.75, 3.05) is 5.32 Å². The van der Waals surface area contributed by atoms with Gasteiger partial charge in [-0.05, 0) is 12.1 Å². The molecular formula is C10H9N3O3. The molecule has 0 saturated heterocycles. The van der Waals surface area contributed by atoms with E-state index in [2.05, 4.69) is 10.3 Å². The average Bonchev–Trinajstić information content (AvgIpc) is 2.79. The van der Waals surface area contributed by atoms with Crippen molar-refractivity contribution in [3.05, 3.63) is 52.6 Å². The number of anilines is 1. The monoisotopic (exact) mass is 219 g/mol. The van der Waals surface area contributed by atoms with Gasteiger partial charge in [-0.3, -0.25) is 10.1 Å². The van der Waals surface area contributed by atoms with Gasteiger partial charge in [-0.1, -0.05) is 0 Å². The van der Waals surface area contributed by atoms with Gasteiger partial charge in [0.2, 0.25) is 5.82 Å². The zero-order valence-corrected chi connectivity index (χ0v) is 8.29. The number of nitro groups is 1.